The standard InChI is InChI=1S/C17H17N3OS.ClH/c18-9-11-1-2-13-8-16(22-15(13)7-11)17(21)19-14-10-20-5-3-12(14)4-6-20;/h1-2,7-8,12,14H,3-6,10H2,(H,19,21);1H/t14-;/m0./s1. The molecule has 0 unspecified atom stereocenters. The van der Waals surface area contributed by atoms with Crippen molar-refractivity contribution in [2.24, 2.45) is 5.92 Å². The number of piperidine rings is 3. The van der Waals surface area contributed by atoms with Crippen LogP contribution in [0.15, 0.2) is 24.3 Å². The van der Waals surface area contributed by atoms with E-state index >= 15 is 0 Å². The number of halogens is 1. The van der Waals surface area contributed by atoms with Crippen LogP contribution in [0.5, 0.6) is 0 Å². The quantitative estimate of drug-likeness (QED) is 0.908. The Kier molecular flexibility index (Phi) is 4.58. The predicted octanol–water partition coefficient (Wildman–Crippen LogP) is 3.02. The number of hydrogen-bond acceptors (Lipinski definition) is 4. The summed E-state index contributed by atoms with van der Waals surface area (Å²) in [6.07, 6.45) is 2.39. The minimum Gasteiger partial charge on any atom is -0.347 e. The lowest BCUT2D eigenvalue weighted by Crippen LogP contribution is -2.57. The van der Waals surface area contributed by atoms with Gasteiger partial charge in [0.05, 0.1) is 16.5 Å². The van der Waals surface area contributed by atoms with Crippen LogP contribution >= 0.6 is 23.7 Å². The Bertz CT molecular complexity index is 774. The van der Waals surface area contributed by atoms with Gasteiger partial charge in [0.2, 0.25) is 0 Å². The van der Waals surface area contributed by atoms with Crippen LogP contribution in [-0.4, -0.2) is 36.5 Å². The number of nitrogens with one attached hydrogen (secondary N) is 1. The highest BCUT2D eigenvalue weighted by atomic mass is 35.5. The molecule has 1 N–H and O–H groups in total. The topological polar surface area (TPSA) is 56.1 Å². The summed E-state index contributed by atoms with van der Waals surface area (Å²) in [6.45, 7) is 3.34. The van der Waals surface area contributed by atoms with E-state index in [9.17, 15) is 4.79 Å². The van der Waals surface area contributed by atoms with E-state index in [4.69, 9.17) is 5.26 Å². The zero-order valence-electron chi connectivity index (χ0n) is 12.6. The fourth-order valence-corrected chi connectivity index (χ4v) is 4.59. The number of thiophene rings is 1. The lowest BCUT2D eigenvalue weighted by molar-refractivity contribution is 0.0622. The monoisotopic (exact) mass is 347 g/mol. The predicted molar refractivity (Wildman–Crippen MR) is 94.2 cm³/mol. The molecular weight excluding hydrogens is 330 g/mol. The molecule has 0 aliphatic carbocycles. The second-order valence-electron chi connectivity index (χ2n) is 6.19. The van der Waals surface area contributed by atoms with Gasteiger partial charge in [-0.05, 0) is 55.4 Å². The van der Waals surface area contributed by atoms with Crippen LogP contribution in [0.2, 0.25) is 0 Å². The third-order valence-corrected chi connectivity index (χ3v) is 5.94. The highest BCUT2D eigenvalue weighted by molar-refractivity contribution is 7.20. The third kappa shape index (κ3) is 3.07. The molecule has 0 spiro atoms. The molecule has 3 aliphatic heterocycles. The second kappa shape index (κ2) is 6.48. The summed E-state index contributed by atoms with van der Waals surface area (Å²) in [4.78, 5) is 15.7. The molecule has 3 fully saturated rings. The number of benzene rings is 1. The first-order valence-corrected chi connectivity index (χ1v) is 8.51. The molecular formula is C17H18ClN3OS. The normalized spacial score (nSPS) is 25.6. The van der Waals surface area contributed by atoms with E-state index in [1.807, 2.05) is 18.2 Å². The van der Waals surface area contributed by atoms with Crippen molar-refractivity contribution in [2.75, 3.05) is 19.6 Å². The molecule has 1 amide bonds. The number of rotatable bonds is 2. The molecule has 0 radical (unpaired) electrons. The summed E-state index contributed by atoms with van der Waals surface area (Å²) < 4.78 is 0.998. The van der Waals surface area contributed by atoms with E-state index in [0.717, 1.165) is 21.5 Å². The molecule has 4 nitrogen and oxygen atoms in total. The third-order valence-electron chi connectivity index (χ3n) is 4.85. The number of carbonyl (C=O) groups is 1. The Morgan fingerprint density at radius 2 is 2.09 bits per heavy atom. The van der Waals surface area contributed by atoms with Crippen molar-refractivity contribution < 1.29 is 4.79 Å². The van der Waals surface area contributed by atoms with Gasteiger partial charge in [0.1, 0.15) is 0 Å². The van der Waals surface area contributed by atoms with Crippen molar-refractivity contribution in [1.29, 1.82) is 5.26 Å². The number of carbonyl (C=O) groups excluding carboxylic acids is 1. The summed E-state index contributed by atoms with van der Waals surface area (Å²) in [7, 11) is 0. The highest BCUT2D eigenvalue weighted by Crippen LogP contribution is 2.29. The Hall–Kier alpha value is -1.61. The average molecular weight is 348 g/mol. The molecule has 3 aliphatic rings. The second-order valence-corrected chi connectivity index (χ2v) is 7.28. The Balaban J connectivity index is 0.00000156. The number of fused-ring (bicyclic) bond motifs is 4. The van der Waals surface area contributed by atoms with Gasteiger partial charge in [-0.15, -0.1) is 23.7 Å². The molecule has 120 valence electrons. The molecule has 5 rings (SSSR count). The fourth-order valence-electron chi connectivity index (χ4n) is 3.58. The van der Waals surface area contributed by atoms with Crippen LogP contribution in [0.25, 0.3) is 10.1 Å². The zero-order valence-corrected chi connectivity index (χ0v) is 14.3. The number of nitriles is 1. The summed E-state index contributed by atoms with van der Waals surface area (Å²) in [5.74, 6) is 0.659. The van der Waals surface area contributed by atoms with Crippen molar-refractivity contribution >= 4 is 39.7 Å². The van der Waals surface area contributed by atoms with Gasteiger partial charge in [-0.2, -0.15) is 5.26 Å². The van der Waals surface area contributed by atoms with Gasteiger partial charge in [-0.1, -0.05) is 6.07 Å². The molecule has 4 heterocycles. The van der Waals surface area contributed by atoms with Gasteiger partial charge in [0.25, 0.3) is 5.91 Å². The maximum Gasteiger partial charge on any atom is 0.261 e. The lowest BCUT2D eigenvalue weighted by atomic mass is 9.84. The van der Waals surface area contributed by atoms with E-state index in [1.54, 1.807) is 6.07 Å². The largest absolute Gasteiger partial charge is 0.347 e. The molecule has 0 saturated carbocycles. The van der Waals surface area contributed by atoms with Gasteiger partial charge < -0.3 is 10.2 Å². The lowest BCUT2D eigenvalue weighted by Gasteiger charge is -2.44. The maximum absolute atomic E-state index is 12.5. The van der Waals surface area contributed by atoms with E-state index in [0.29, 0.717) is 11.5 Å². The number of amides is 1. The van der Waals surface area contributed by atoms with Crippen LogP contribution in [0.4, 0.5) is 0 Å². The average Bonchev–Trinajstić information content (AvgIpc) is 2.99. The number of nitrogens with zero attached hydrogens (tertiary/aromatic N) is 2. The van der Waals surface area contributed by atoms with E-state index in [1.165, 1.54) is 37.3 Å². The first-order chi connectivity index (χ1) is 10.7. The minimum absolute atomic E-state index is 0. The Morgan fingerprint density at radius 3 is 2.74 bits per heavy atom. The first kappa shape index (κ1) is 16.3. The summed E-state index contributed by atoms with van der Waals surface area (Å²) in [5, 5.41) is 13.2. The Labute approximate surface area is 145 Å². The van der Waals surface area contributed by atoms with E-state index < -0.39 is 0 Å². The van der Waals surface area contributed by atoms with Crippen molar-refractivity contribution in [1.82, 2.24) is 10.2 Å². The van der Waals surface area contributed by atoms with Crippen LogP contribution < -0.4 is 5.32 Å². The zero-order chi connectivity index (χ0) is 15.1. The van der Waals surface area contributed by atoms with Gasteiger partial charge in [-0.25, -0.2) is 0 Å². The molecule has 1 atom stereocenters. The van der Waals surface area contributed by atoms with Crippen molar-refractivity contribution in [2.45, 2.75) is 18.9 Å². The van der Waals surface area contributed by atoms with Crippen molar-refractivity contribution in [3.63, 3.8) is 0 Å². The molecule has 1 aromatic heterocycles. The van der Waals surface area contributed by atoms with Crippen LogP contribution in [0.3, 0.4) is 0 Å². The Morgan fingerprint density at radius 1 is 1.30 bits per heavy atom. The van der Waals surface area contributed by atoms with Gasteiger partial charge in [0, 0.05) is 17.3 Å². The molecule has 6 heteroatoms. The fraction of sp³-hybridized carbons (Fsp3) is 0.412. The van der Waals surface area contributed by atoms with Crippen LogP contribution in [0, 0.1) is 17.2 Å². The van der Waals surface area contributed by atoms with Crippen molar-refractivity contribution in [3.05, 3.63) is 34.7 Å². The van der Waals surface area contributed by atoms with E-state index in [2.05, 4.69) is 16.3 Å². The smallest absolute Gasteiger partial charge is 0.261 e. The van der Waals surface area contributed by atoms with Gasteiger partial charge in [0.15, 0.2) is 0 Å². The first-order valence-electron chi connectivity index (χ1n) is 7.70. The number of hydrogen-bond donors (Lipinski definition) is 1. The highest BCUT2D eigenvalue weighted by Gasteiger charge is 2.35. The SMILES string of the molecule is Cl.N#Cc1ccc2cc(C(=O)N[C@H]3CN4CCC3CC4)sc2c1. The molecule has 23 heavy (non-hydrogen) atoms. The maximum atomic E-state index is 12.5. The molecule has 1 aromatic carbocycles. The van der Waals surface area contributed by atoms with Gasteiger partial charge in [-0.3, -0.25) is 4.79 Å². The van der Waals surface area contributed by atoms with E-state index in [-0.39, 0.29) is 24.4 Å². The summed E-state index contributed by atoms with van der Waals surface area (Å²) >= 11 is 1.47. The summed E-state index contributed by atoms with van der Waals surface area (Å²) in [5.41, 5.74) is 0.638. The summed E-state index contributed by atoms with van der Waals surface area (Å²) in [6, 6.07) is 9.92. The van der Waals surface area contributed by atoms with Gasteiger partial charge >= 0.3 is 0 Å². The van der Waals surface area contributed by atoms with Crippen LogP contribution in [0.1, 0.15) is 28.1 Å². The minimum atomic E-state index is 0. The molecule has 2 aromatic rings. The molecule has 2 bridgehead atoms. The molecule has 3 saturated heterocycles. The van der Waals surface area contributed by atoms with Crippen LogP contribution in [-0.2, 0) is 0 Å². The van der Waals surface area contributed by atoms with Crippen molar-refractivity contribution in [3.8, 4) is 6.07 Å².